The highest BCUT2D eigenvalue weighted by molar-refractivity contribution is 5.85. The van der Waals surface area contributed by atoms with Crippen LogP contribution in [-0.4, -0.2) is 52.6 Å². The maximum Gasteiger partial charge on any atom is 0.352 e. The van der Waals surface area contributed by atoms with Crippen LogP contribution in [0.15, 0.2) is 18.3 Å². The molecule has 1 aliphatic heterocycles. The van der Waals surface area contributed by atoms with Crippen LogP contribution in [0, 0.1) is 0 Å². The standard InChI is InChI=1S/C15H23N3O3/c1-2-7-16-14(19)11-17-9-5-12(6-10-17)18-8-3-4-13(18)15(20)21/h3-4,8,12H,2,5-7,9-11H2,1H3,(H,16,19)(H,20,21). The number of carboxylic acids is 1. The number of nitrogens with zero attached hydrogens (tertiary/aromatic N) is 2. The zero-order valence-electron chi connectivity index (χ0n) is 12.4. The summed E-state index contributed by atoms with van der Waals surface area (Å²) in [7, 11) is 0. The molecule has 0 unspecified atom stereocenters. The molecule has 1 aromatic heterocycles. The summed E-state index contributed by atoms with van der Waals surface area (Å²) in [5.41, 5.74) is 0.342. The van der Waals surface area contributed by atoms with Gasteiger partial charge in [0.25, 0.3) is 0 Å². The van der Waals surface area contributed by atoms with Crippen LogP contribution in [0.25, 0.3) is 0 Å². The monoisotopic (exact) mass is 293 g/mol. The van der Waals surface area contributed by atoms with Crippen molar-refractivity contribution in [2.45, 2.75) is 32.2 Å². The van der Waals surface area contributed by atoms with Gasteiger partial charge in [0.2, 0.25) is 5.91 Å². The van der Waals surface area contributed by atoms with E-state index in [-0.39, 0.29) is 11.9 Å². The van der Waals surface area contributed by atoms with Crippen molar-refractivity contribution in [3.8, 4) is 0 Å². The third kappa shape index (κ3) is 4.07. The number of carbonyl (C=O) groups is 2. The second kappa shape index (κ2) is 7.26. The summed E-state index contributed by atoms with van der Waals surface area (Å²) in [5.74, 6) is -0.816. The Balaban J connectivity index is 1.84. The first-order valence-corrected chi connectivity index (χ1v) is 7.51. The average Bonchev–Trinajstić information content (AvgIpc) is 2.95. The summed E-state index contributed by atoms with van der Waals surface area (Å²) in [6.45, 7) is 4.83. The first-order valence-electron chi connectivity index (χ1n) is 7.51. The van der Waals surface area contributed by atoms with Gasteiger partial charge >= 0.3 is 5.97 Å². The molecule has 0 aromatic carbocycles. The first kappa shape index (κ1) is 15.6. The van der Waals surface area contributed by atoms with Gasteiger partial charge in [-0.3, -0.25) is 9.69 Å². The van der Waals surface area contributed by atoms with E-state index in [4.69, 9.17) is 5.11 Å². The number of nitrogens with one attached hydrogen (secondary N) is 1. The number of hydrogen-bond acceptors (Lipinski definition) is 3. The highest BCUT2D eigenvalue weighted by Gasteiger charge is 2.24. The van der Waals surface area contributed by atoms with Crippen LogP contribution >= 0.6 is 0 Å². The second-order valence-electron chi connectivity index (χ2n) is 5.46. The van der Waals surface area contributed by atoms with E-state index >= 15 is 0 Å². The molecular formula is C15H23N3O3. The number of piperidine rings is 1. The van der Waals surface area contributed by atoms with Crippen LogP contribution in [0.5, 0.6) is 0 Å². The highest BCUT2D eigenvalue weighted by atomic mass is 16.4. The Morgan fingerprint density at radius 2 is 2.10 bits per heavy atom. The Bertz CT molecular complexity index is 490. The number of likely N-dealkylation sites (tertiary alicyclic amines) is 1. The molecule has 6 heteroatoms. The fourth-order valence-corrected chi connectivity index (χ4v) is 2.77. The van der Waals surface area contributed by atoms with Crippen molar-refractivity contribution < 1.29 is 14.7 Å². The molecular weight excluding hydrogens is 270 g/mol. The molecule has 0 bridgehead atoms. The van der Waals surface area contributed by atoms with E-state index in [0.717, 1.165) is 38.9 Å². The van der Waals surface area contributed by atoms with E-state index in [1.54, 1.807) is 12.1 Å². The van der Waals surface area contributed by atoms with Crippen LogP contribution in [-0.2, 0) is 4.79 Å². The molecule has 21 heavy (non-hydrogen) atoms. The summed E-state index contributed by atoms with van der Waals surface area (Å²) in [4.78, 5) is 25.0. The maximum atomic E-state index is 11.7. The first-order chi connectivity index (χ1) is 10.1. The van der Waals surface area contributed by atoms with Gasteiger partial charge in [-0.1, -0.05) is 6.92 Å². The lowest BCUT2D eigenvalue weighted by atomic mass is 10.0. The Labute approximate surface area is 124 Å². The maximum absolute atomic E-state index is 11.7. The molecule has 2 N–H and O–H groups in total. The molecule has 0 aliphatic carbocycles. The largest absolute Gasteiger partial charge is 0.477 e. The van der Waals surface area contributed by atoms with Gasteiger partial charge in [-0.15, -0.1) is 0 Å². The molecule has 1 saturated heterocycles. The molecule has 1 aromatic rings. The number of carbonyl (C=O) groups excluding carboxylic acids is 1. The molecule has 1 fully saturated rings. The smallest absolute Gasteiger partial charge is 0.352 e. The number of rotatable bonds is 6. The molecule has 0 atom stereocenters. The second-order valence-corrected chi connectivity index (χ2v) is 5.46. The van der Waals surface area contributed by atoms with Crippen LogP contribution in [0.2, 0.25) is 0 Å². The number of hydrogen-bond donors (Lipinski definition) is 2. The minimum absolute atomic E-state index is 0.0717. The lowest BCUT2D eigenvalue weighted by Crippen LogP contribution is -2.42. The topological polar surface area (TPSA) is 74.6 Å². The van der Waals surface area contributed by atoms with E-state index < -0.39 is 5.97 Å². The van der Waals surface area contributed by atoms with Gasteiger partial charge in [0, 0.05) is 31.9 Å². The Morgan fingerprint density at radius 1 is 1.38 bits per heavy atom. The molecule has 1 aliphatic rings. The van der Waals surface area contributed by atoms with Crippen molar-refractivity contribution in [3.63, 3.8) is 0 Å². The Hall–Kier alpha value is -1.82. The summed E-state index contributed by atoms with van der Waals surface area (Å²) < 4.78 is 1.84. The minimum Gasteiger partial charge on any atom is -0.477 e. The van der Waals surface area contributed by atoms with Crippen molar-refractivity contribution in [1.29, 1.82) is 0 Å². The normalized spacial score (nSPS) is 16.8. The van der Waals surface area contributed by atoms with Gasteiger partial charge in [0.05, 0.1) is 6.54 Å². The fourth-order valence-electron chi connectivity index (χ4n) is 2.77. The van der Waals surface area contributed by atoms with Crippen molar-refractivity contribution in [2.24, 2.45) is 0 Å². The molecule has 0 saturated carbocycles. The SMILES string of the molecule is CCCNC(=O)CN1CCC(n2cccc2C(=O)O)CC1. The minimum atomic E-state index is -0.888. The molecule has 2 heterocycles. The molecule has 6 nitrogen and oxygen atoms in total. The van der Waals surface area contributed by atoms with Crippen LogP contribution < -0.4 is 5.32 Å². The fraction of sp³-hybridized carbons (Fsp3) is 0.600. The number of aromatic nitrogens is 1. The van der Waals surface area contributed by atoms with Gasteiger partial charge in [0.15, 0.2) is 0 Å². The van der Waals surface area contributed by atoms with Gasteiger partial charge in [0.1, 0.15) is 5.69 Å². The molecule has 116 valence electrons. The van der Waals surface area contributed by atoms with Gasteiger partial charge in [-0.25, -0.2) is 4.79 Å². The third-order valence-corrected chi connectivity index (χ3v) is 3.89. The molecule has 2 rings (SSSR count). The summed E-state index contributed by atoms with van der Waals surface area (Å²) >= 11 is 0. The summed E-state index contributed by atoms with van der Waals surface area (Å²) in [6, 6.07) is 3.61. The Morgan fingerprint density at radius 3 is 2.71 bits per heavy atom. The van der Waals surface area contributed by atoms with Crippen LogP contribution in [0.3, 0.4) is 0 Å². The molecule has 1 amide bonds. The quantitative estimate of drug-likeness (QED) is 0.830. The predicted octanol–water partition coefficient (Wildman–Crippen LogP) is 1.35. The van der Waals surface area contributed by atoms with Crippen molar-refractivity contribution in [1.82, 2.24) is 14.8 Å². The van der Waals surface area contributed by atoms with Crippen LogP contribution in [0.4, 0.5) is 0 Å². The average molecular weight is 293 g/mol. The van der Waals surface area contributed by atoms with Gasteiger partial charge in [-0.05, 0) is 31.4 Å². The lowest BCUT2D eigenvalue weighted by molar-refractivity contribution is -0.122. The number of carboxylic acid groups (broad SMARTS) is 1. The predicted molar refractivity (Wildman–Crippen MR) is 79.4 cm³/mol. The Kier molecular flexibility index (Phi) is 5.38. The number of aromatic carboxylic acids is 1. The zero-order chi connectivity index (χ0) is 15.2. The van der Waals surface area contributed by atoms with Crippen molar-refractivity contribution >= 4 is 11.9 Å². The van der Waals surface area contributed by atoms with E-state index in [1.807, 2.05) is 17.7 Å². The molecule has 0 radical (unpaired) electrons. The van der Waals surface area contributed by atoms with E-state index in [0.29, 0.717) is 12.2 Å². The van der Waals surface area contributed by atoms with E-state index in [9.17, 15) is 9.59 Å². The van der Waals surface area contributed by atoms with Gasteiger partial charge in [-0.2, -0.15) is 0 Å². The lowest BCUT2D eigenvalue weighted by Gasteiger charge is -2.32. The van der Waals surface area contributed by atoms with Crippen molar-refractivity contribution in [3.05, 3.63) is 24.0 Å². The van der Waals surface area contributed by atoms with E-state index in [2.05, 4.69) is 10.2 Å². The highest BCUT2D eigenvalue weighted by Crippen LogP contribution is 2.24. The molecule has 0 spiro atoms. The number of amides is 1. The van der Waals surface area contributed by atoms with Crippen molar-refractivity contribution in [2.75, 3.05) is 26.2 Å². The third-order valence-electron chi connectivity index (χ3n) is 3.89. The summed E-state index contributed by atoms with van der Waals surface area (Å²) in [5, 5.41) is 12.0. The van der Waals surface area contributed by atoms with Gasteiger partial charge < -0.3 is 15.0 Å². The zero-order valence-corrected chi connectivity index (χ0v) is 12.4. The van der Waals surface area contributed by atoms with Crippen LogP contribution in [0.1, 0.15) is 42.7 Å². The summed E-state index contributed by atoms with van der Waals surface area (Å²) in [6.07, 6.45) is 4.52. The van der Waals surface area contributed by atoms with E-state index in [1.165, 1.54) is 0 Å².